The van der Waals surface area contributed by atoms with E-state index < -0.39 is 17.0 Å². The molecule has 1 aliphatic rings. The number of carbonyl (C=O) groups is 2. The number of Topliss-reactive ketones (excluding diaryl/α,β-unsaturated/α-hetero) is 1. The number of benzene rings is 2. The fourth-order valence-corrected chi connectivity index (χ4v) is 4.42. The number of nitrogen functional groups attached to an aromatic ring is 1. The van der Waals surface area contributed by atoms with Crippen molar-refractivity contribution in [2.75, 3.05) is 38.5 Å². The molecule has 188 valence electrons. The van der Waals surface area contributed by atoms with Gasteiger partial charge in [-0.05, 0) is 29.7 Å². The summed E-state index contributed by atoms with van der Waals surface area (Å²) < 4.78 is 2.18. The van der Waals surface area contributed by atoms with Gasteiger partial charge in [-0.2, -0.15) is 0 Å². The number of anilines is 1. The predicted octanol–water partition coefficient (Wildman–Crippen LogP) is 1.38. The second-order valence-electron chi connectivity index (χ2n) is 9.02. The van der Waals surface area contributed by atoms with Gasteiger partial charge in [0.15, 0.2) is 5.78 Å². The van der Waals surface area contributed by atoms with Crippen LogP contribution in [0.3, 0.4) is 0 Å². The number of nitrogens with two attached hydrogens (primary N) is 1. The molecule has 4 rings (SSSR count). The van der Waals surface area contributed by atoms with Crippen LogP contribution in [-0.4, -0.2) is 63.3 Å². The third kappa shape index (κ3) is 5.16. The van der Waals surface area contributed by atoms with Crippen molar-refractivity contribution >= 4 is 17.5 Å². The van der Waals surface area contributed by atoms with E-state index in [2.05, 4.69) is 6.92 Å². The first-order chi connectivity index (χ1) is 17.3. The molecule has 9 nitrogen and oxygen atoms in total. The summed E-state index contributed by atoms with van der Waals surface area (Å²) in [5.41, 5.74) is 7.41. The van der Waals surface area contributed by atoms with Crippen molar-refractivity contribution in [3.8, 4) is 0 Å². The van der Waals surface area contributed by atoms with E-state index in [4.69, 9.17) is 5.73 Å². The van der Waals surface area contributed by atoms with E-state index in [1.807, 2.05) is 59.5 Å². The Balaban J connectivity index is 1.46. The Morgan fingerprint density at radius 1 is 0.889 bits per heavy atom. The number of nitrogens with zero attached hydrogens (tertiary/aromatic N) is 4. The van der Waals surface area contributed by atoms with Crippen LogP contribution in [0.15, 0.2) is 64.2 Å². The smallest absolute Gasteiger partial charge is 0.332 e. The quantitative estimate of drug-likeness (QED) is 0.502. The summed E-state index contributed by atoms with van der Waals surface area (Å²) in [7, 11) is 1.35. The molecule has 9 heteroatoms. The number of amides is 1. The number of hydrogen-bond acceptors (Lipinski definition) is 6. The van der Waals surface area contributed by atoms with Crippen molar-refractivity contribution in [3.05, 3.63) is 97.7 Å². The molecule has 0 aliphatic carbocycles. The van der Waals surface area contributed by atoms with E-state index >= 15 is 0 Å². The molecule has 1 fully saturated rings. The summed E-state index contributed by atoms with van der Waals surface area (Å²) in [6.07, 6.45) is 0.915. The fourth-order valence-electron chi connectivity index (χ4n) is 4.42. The molecule has 0 spiro atoms. The van der Waals surface area contributed by atoms with Crippen LogP contribution in [0.25, 0.3) is 0 Å². The van der Waals surface area contributed by atoms with Gasteiger partial charge < -0.3 is 10.6 Å². The van der Waals surface area contributed by atoms with Crippen LogP contribution in [0.1, 0.15) is 38.8 Å². The molecule has 1 aromatic heterocycles. The lowest BCUT2D eigenvalue weighted by atomic mass is 10.1. The van der Waals surface area contributed by atoms with Crippen LogP contribution in [0, 0.1) is 0 Å². The zero-order chi connectivity index (χ0) is 25.8. The van der Waals surface area contributed by atoms with Crippen LogP contribution >= 0.6 is 0 Å². The maximum atomic E-state index is 13.2. The van der Waals surface area contributed by atoms with Gasteiger partial charge in [0.2, 0.25) is 0 Å². The van der Waals surface area contributed by atoms with Crippen LogP contribution in [0.2, 0.25) is 0 Å². The summed E-state index contributed by atoms with van der Waals surface area (Å²) >= 11 is 0. The first-order valence-corrected chi connectivity index (χ1v) is 12.1. The molecule has 36 heavy (non-hydrogen) atoms. The van der Waals surface area contributed by atoms with Crippen molar-refractivity contribution < 1.29 is 9.59 Å². The van der Waals surface area contributed by atoms with Gasteiger partial charge in [-0.3, -0.25) is 28.4 Å². The molecule has 2 N–H and O–H groups in total. The van der Waals surface area contributed by atoms with Gasteiger partial charge >= 0.3 is 5.69 Å². The van der Waals surface area contributed by atoms with E-state index in [1.54, 1.807) is 4.90 Å². The molecule has 0 radical (unpaired) electrons. The minimum absolute atomic E-state index is 0.0177. The Morgan fingerprint density at radius 2 is 1.53 bits per heavy atom. The molecule has 0 saturated carbocycles. The van der Waals surface area contributed by atoms with Gasteiger partial charge in [0.05, 0.1) is 13.1 Å². The second kappa shape index (κ2) is 10.7. The first-order valence-electron chi connectivity index (χ1n) is 12.1. The number of carbonyl (C=O) groups excluding carboxylic acids is 2. The van der Waals surface area contributed by atoms with Gasteiger partial charge in [-0.15, -0.1) is 0 Å². The van der Waals surface area contributed by atoms with Gasteiger partial charge in [0, 0.05) is 38.8 Å². The third-order valence-corrected chi connectivity index (χ3v) is 6.68. The normalized spacial score (nSPS) is 14.1. The molecule has 2 aromatic carbocycles. The number of aromatic nitrogens is 2. The molecule has 2 heterocycles. The van der Waals surface area contributed by atoms with Crippen molar-refractivity contribution in [2.45, 2.75) is 19.9 Å². The predicted molar refractivity (Wildman–Crippen MR) is 138 cm³/mol. The number of hydrogen-bond donors (Lipinski definition) is 1. The van der Waals surface area contributed by atoms with Gasteiger partial charge in [0.25, 0.3) is 11.5 Å². The Kier molecular flexibility index (Phi) is 7.49. The number of piperazine rings is 1. The SMILES string of the molecule is CCc1ccc(C(=O)N2CCN(CC(=O)c3c(N)n(Cc4ccccc4)c(=O)n(C)c3=O)CC2)cc1. The molecule has 1 saturated heterocycles. The molecule has 3 aromatic rings. The third-order valence-electron chi connectivity index (χ3n) is 6.68. The molecule has 0 bridgehead atoms. The van der Waals surface area contributed by atoms with E-state index in [0.717, 1.165) is 16.6 Å². The van der Waals surface area contributed by atoms with Gasteiger partial charge in [0.1, 0.15) is 11.4 Å². The topological polar surface area (TPSA) is 111 Å². The highest BCUT2D eigenvalue weighted by atomic mass is 16.2. The Bertz CT molecular complexity index is 1370. The Labute approximate surface area is 209 Å². The molecule has 1 amide bonds. The van der Waals surface area contributed by atoms with Crippen molar-refractivity contribution in [3.63, 3.8) is 0 Å². The average molecular weight is 490 g/mol. The maximum Gasteiger partial charge on any atom is 0.332 e. The summed E-state index contributed by atoms with van der Waals surface area (Å²) in [6, 6.07) is 16.9. The van der Waals surface area contributed by atoms with Crippen molar-refractivity contribution in [1.82, 2.24) is 18.9 Å². The van der Waals surface area contributed by atoms with E-state index in [1.165, 1.54) is 17.2 Å². The van der Waals surface area contributed by atoms with E-state index in [9.17, 15) is 19.2 Å². The zero-order valence-corrected chi connectivity index (χ0v) is 20.6. The monoisotopic (exact) mass is 489 g/mol. The highest BCUT2D eigenvalue weighted by Crippen LogP contribution is 2.13. The second-order valence-corrected chi connectivity index (χ2v) is 9.02. The number of rotatable bonds is 7. The average Bonchev–Trinajstić information content (AvgIpc) is 2.90. The maximum absolute atomic E-state index is 13.2. The summed E-state index contributed by atoms with van der Waals surface area (Å²) in [5, 5.41) is 0. The molecule has 0 atom stereocenters. The van der Waals surface area contributed by atoms with Crippen LogP contribution in [0.5, 0.6) is 0 Å². The molecular weight excluding hydrogens is 458 g/mol. The van der Waals surface area contributed by atoms with E-state index in [0.29, 0.717) is 31.7 Å². The number of aryl methyl sites for hydroxylation is 1. The summed E-state index contributed by atoms with van der Waals surface area (Å²) in [6.45, 7) is 4.14. The minimum Gasteiger partial charge on any atom is -0.384 e. The van der Waals surface area contributed by atoms with Crippen molar-refractivity contribution in [1.29, 1.82) is 0 Å². The molecule has 1 aliphatic heterocycles. The van der Waals surface area contributed by atoms with Crippen LogP contribution in [0.4, 0.5) is 5.82 Å². The highest BCUT2D eigenvalue weighted by Gasteiger charge is 2.27. The van der Waals surface area contributed by atoms with E-state index in [-0.39, 0.29) is 30.4 Å². The van der Waals surface area contributed by atoms with Gasteiger partial charge in [-0.25, -0.2) is 4.79 Å². The largest absolute Gasteiger partial charge is 0.384 e. The summed E-state index contributed by atoms with van der Waals surface area (Å²) in [5.74, 6) is -0.596. The van der Waals surface area contributed by atoms with Crippen molar-refractivity contribution in [2.24, 2.45) is 7.05 Å². The standard InChI is InChI=1S/C27H31N5O4/c1-3-19-9-11-21(12-10-19)25(34)31-15-13-30(14-16-31)18-22(33)23-24(28)32(27(36)29(2)26(23)35)17-20-7-5-4-6-8-20/h4-12H,3,13-18,28H2,1-2H3. The highest BCUT2D eigenvalue weighted by molar-refractivity contribution is 6.01. The lowest BCUT2D eigenvalue weighted by molar-refractivity contribution is 0.0624. The lowest BCUT2D eigenvalue weighted by Crippen LogP contribution is -2.50. The first kappa shape index (κ1) is 25.1. The fraction of sp³-hybridized carbons (Fsp3) is 0.333. The van der Waals surface area contributed by atoms with Gasteiger partial charge in [-0.1, -0.05) is 49.4 Å². The summed E-state index contributed by atoms with van der Waals surface area (Å²) in [4.78, 5) is 55.2. The Morgan fingerprint density at radius 3 is 2.14 bits per heavy atom. The Hall–Kier alpha value is -3.98. The van der Waals surface area contributed by atoms with Crippen LogP contribution in [-0.2, 0) is 20.0 Å². The van der Waals surface area contributed by atoms with Crippen LogP contribution < -0.4 is 17.0 Å². The minimum atomic E-state index is -0.698. The lowest BCUT2D eigenvalue weighted by Gasteiger charge is -2.34. The molecular formula is C27H31N5O4. The molecule has 0 unspecified atom stereocenters. The number of ketones is 1. The zero-order valence-electron chi connectivity index (χ0n) is 20.6.